The molecule has 0 saturated heterocycles. The summed E-state index contributed by atoms with van der Waals surface area (Å²) in [6.45, 7) is 7.41. The molecule has 146 valence electrons. The Hall–Kier alpha value is -2.40. The molecule has 0 saturated carbocycles. The number of hydrogen-bond donors (Lipinski definition) is 1. The van der Waals surface area contributed by atoms with Crippen molar-refractivity contribution in [3.8, 4) is 17.2 Å². The van der Waals surface area contributed by atoms with Crippen LogP contribution >= 0.6 is 11.6 Å². The highest BCUT2D eigenvalue weighted by Crippen LogP contribution is 2.30. The number of hydrogen-bond acceptors (Lipinski definition) is 4. The van der Waals surface area contributed by atoms with Crippen molar-refractivity contribution < 1.29 is 19.0 Å². The van der Waals surface area contributed by atoms with Gasteiger partial charge in [-0.15, -0.1) is 0 Å². The van der Waals surface area contributed by atoms with E-state index in [9.17, 15) is 4.79 Å². The Kier molecular flexibility index (Phi) is 6.97. The molecule has 0 radical (unpaired) electrons. The maximum Gasteiger partial charge on any atom is 0.261 e. The molecule has 2 atom stereocenters. The van der Waals surface area contributed by atoms with Gasteiger partial charge in [0.1, 0.15) is 17.2 Å². The first kappa shape index (κ1) is 20.9. The van der Waals surface area contributed by atoms with Gasteiger partial charge < -0.3 is 19.5 Å². The average Bonchev–Trinajstić information content (AvgIpc) is 2.65. The first-order chi connectivity index (χ1) is 12.8. The molecule has 0 unspecified atom stereocenters. The van der Waals surface area contributed by atoms with Crippen molar-refractivity contribution in [2.45, 2.75) is 39.8 Å². The molecule has 1 amide bonds. The Morgan fingerprint density at radius 3 is 2.19 bits per heavy atom. The fourth-order valence-corrected chi connectivity index (χ4v) is 2.93. The lowest BCUT2D eigenvalue weighted by Crippen LogP contribution is -2.37. The number of carbonyl (C=O) groups is 1. The molecule has 0 spiro atoms. The highest BCUT2D eigenvalue weighted by Gasteiger charge is 2.20. The van der Waals surface area contributed by atoms with Crippen molar-refractivity contribution in [2.75, 3.05) is 14.2 Å². The molecule has 2 aromatic carbocycles. The fourth-order valence-electron chi connectivity index (χ4n) is 2.82. The molecular formula is C21H26ClNO4. The minimum atomic E-state index is -0.663. The third-order valence-corrected chi connectivity index (χ3v) is 4.95. The first-order valence-electron chi connectivity index (χ1n) is 8.72. The molecule has 0 aliphatic carbocycles. The van der Waals surface area contributed by atoms with Crippen molar-refractivity contribution in [2.24, 2.45) is 0 Å². The second kappa shape index (κ2) is 9.00. The van der Waals surface area contributed by atoms with Crippen LogP contribution in [0.2, 0.25) is 5.02 Å². The summed E-state index contributed by atoms with van der Waals surface area (Å²) in [4.78, 5) is 12.6. The Morgan fingerprint density at radius 2 is 1.63 bits per heavy atom. The maximum absolute atomic E-state index is 12.6. The van der Waals surface area contributed by atoms with Gasteiger partial charge in [0.05, 0.1) is 20.3 Å². The van der Waals surface area contributed by atoms with E-state index in [0.29, 0.717) is 22.3 Å². The van der Waals surface area contributed by atoms with Crippen LogP contribution in [0, 0.1) is 13.8 Å². The predicted molar refractivity (Wildman–Crippen MR) is 107 cm³/mol. The number of methoxy groups -OCH3 is 2. The van der Waals surface area contributed by atoms with Gasteiger partial charge in [-0.25, -0.2) is 0 Å². The van der Waals surface area contributed by atoms with E-state index in [1.165, 1.54) is 0 Å². The first-order valence-corrected chi connectivity index (χ1v) is 9.10. The van der Waals surface area contributed by atoms with Crippen molar-refractivity contribution in [1.82, 2.24) is 5.32 Å². The van der Waals surface area contributed by atoms with Crippen LogP contribution in [0.15, 0.2) is 30.3 Å². The molecule has 2 aromatic rings. The van der Waals surface area contributed by atoms with Crippen molar-refractivity contribution >= 4 is 17.5 Å². The third-order valence-electron chi connectivity index (χ3n) is 4.35. The van der Waals surface area contributed by atoms with E-state index in [1.54, 1.807) is 21.1 Å². The van der Waals surface area contributed by atoms with Gasteiger partial charge in [-0.1, -0.05) is 11.6 Å². The lowest BCUT2D eigenvalue weighted by Gasteiger charge is -2.21. The van der Waals surface area contributed by atoms with Gasteiger partial charge in [0, 0.05) is 10.6 Å². The quantitative estimate of drug-likeness (QED) is 0.748. The number of nitrogens with one attached hydrogen (secondary N) is 1. The van der Waals surface area contributed by atoms with E-state index in [0.717, 1.165) is 16.7 Å². The smallest absolute Gasteiger partial charge is 0.261 e. The fraction of sp³-hybridized carbons (Fsp3) is 0.381. The van der Waals surface area contributed by atoms with E-state index >= 15 is 0 Å². The molecule has 0 fully saturated rings. The summed E-state index contributed by atoms with van der Waals surface area (Å²) < 4.78 is 16.5. The summed E-state index contributed by atoms with van der Waals surface area (Å²) in [5.74, 6) is 1.77. The standard InChI is InChI=1S/C21H26ClNO4/c1-12-9-17(10-13(2)20(12)22)27-15(4)21(24)23-14(3)18-11-16(25-5)7-8-19(18)26-6/h7-11,14-15H,1-6H3,(H,23,24)/t14-,15-/m1/s1. The van der Waals surface area contributed by atoms with Crippen LogP contribution in [-0.4, -0.2) is 26.2 Å². The molecule has 6 heteroatoms. The summed E-state index contributed by atoms with van der Waals surface area (Å²) in [6, 6.07) is 8.86. The van der Waals surface area contributed by atoms with Gasteiger partial charge in [-0.3, -0.25) is 4.79 Å². The van der Waals surface area contributed by atoms with Crippen LogP contribution in [0.1, 0.15) is 36.6 Å². The largest absolute Gasteiger partial charge is 0.497 e. The zero-order valence-electron chi connectivity index (χ0n) is 16.6. The predicted octanol–water partition coefficient (Wildman–Crippen LogP) is 4.62. The Morgan fingerprint density at radius 1 is 1.00 bits per heavy atom. The second-order valence-corrected chi connectivity index (χ2v) is 6.85. The van der Waals surface area contributed by atoms with Crippen LogP contribution in [0.25, 0.3) is 0 Å². The number of aryl methyl sites for hydroxylation is 2. The van der Waals surface area contributed by atoms with Crippen LogP contribution in [-0.2, 0) is 4.79 Å². The molecule has 5 nitrogen and oxygen atoms in total. The normalized spacial score (nSPS) is 12.9. The topological polar surface area (TPSA) is 56.8 Å². The molecular weight excluding hydrogens is 366 g/mol. The van der Waals surface area contributed by atoms with Crippen molar-refractivity contribution in [3.63, 3.8) is 0 Å². The molecule has 2 rings (SSSR count). The second-order valence-electron chi connectivity index (χ2n) is 6.47. The monoisotopic (exact) mass is 391 g/mol. The van der Waals surface area contributed by atoms with Crippen LogP contribution in [0.3, 0.4) is 0 Å². The molecule has 0 heterocycles. The van der Waals surface area contributed by atoms with Crippen LogP contribution < -0.4 is 19.5 Å². The molecule has 1 N–H and O–H groups in total. The van der Waals surface area contributed by atoms with E-state index < -0.39 is 6.10 Å². The van der Waals surface area contributed by atoms with Crippen LogP contribution in [0.4, 0.5) is 0 Å². The highest BCUT2D eigenvalue weighted by molar-refractivity contribution is 6.32. The van der Waals surface area contributed by atoms with E-state index in [-0.39, 0.29) is 11.9 Å². The SMILES string of the molecule is COc1ccc(OC)c([C@@H](C)NC(=O)[C@@H](C)Oc2cc(C)c(Cl)c(C)c2)c1. The molecule has 0 aromatic heterocycles. The van der Waals surface area contributed by atoms with Gasteiger partial charge >= 0.3 is 0 Å². The number of amides is 1. The van der Waals surface area contributed by atoms with Gasteiger partial charge in [-0.2, -0.15) is 0 Å². The number of carbonyl (C=O) groups excluding carboxylic acids is 1. The molecule has 0 aliphatic heterocycles. The van der Waals surface area contributed by atoms with Gasteiger partial charge in [-0.05, 0) is 69.2 Å². The molecule has 0 bridgehead atoms. The maximum atomic E-state index is 12.6. The molecule has 27 heavy (non-hydrogen) atoms. The zero-order chi connectivity index (χ0) is 20.1. The minimum absolute atomic E-state index is 0.224. The number of rotatable bonds is 7. The Balaban J connectivity index is 2.10. The summed E-state index contributed by atoms with van der Waals surface area (Å²) in [7, 11) is 3.19. The number of ether oxygens (including phenoxy) is 3. The van der Waals surface area contributed by atoms with Gasteiger partial charge in [0.25, 0.3) is 5.91 Å². The van der Waals surface area contributed by atoms with E-state index in [1.807, 2.05) is 51.1 Å². The summed E-state index contributed by atoms with van der Waals surface area (Å²) >= 11 is 6.18. The zero-order valence-corrected chi connectivity index (χ0v) is 17.3. The Labute approximate surface area is 165 Å². The third kappa shape index (κ3) is 5.07. The van der Waals surface area contributed by atoms with Crippen molar-refractivity contribution in [1.29, 1.82) is 0 Å². The summed E-state index contributed by atoms with van der Waals surface area (Å²) in [5.41, 5.74) is 2.65. The van der Waals surface area contributed by atoms with E-state index in [2.05, 4.69) is 5.32 Å². The molecule has 0 aliphatic rings. The number of halogens is 1. The summed E-state index contributed by atoms with van der Waals surface area (Å²) in [6.07, 6.45) is -0.663. The Bertz CT molecular complexity index is 799. The minimum Gasteiger partial charge on any atom is -0.497 e. The number of benzene rings is 2. The highest BCUT2D eigenvalue weighted by atomic mass is 35.5. The lowest BCUT2D eigenvalue weighted by molar-refractivity contribution is -0.127. The summed E-state index contributed by atoms with van der Waals surface area (Å²) in [5, 5.41) is 3.66. The van der Waals surface area contributed by atoms with E-state index in [4.69, 9.17) is 25.8 Å². The lowest BCUT2D eigenvalue weighted by atomic mass is 10.1. The van der Waals surface area contributed by atoms with Crippen LogP contribution in [0.5, 0.6) is 17.2 Å². The average molecular weight is 392 g/mol. The van der Waals surface area contributed by atoms with Crippen molar-refractivity contribution in [3.05, 3.63) is 52.0 Å². The van der Waals surface area contributed by atoms with Gasteiger partial charge in [0.2, 0.25) is 0 Å². The van der Waals surface area contributed by atoms with Gasteiger partial charge in [0.15, 0.2) is 6.10 Å².